The SMILES string of the molecule is C[Si](C)(C)CCOCn1nc(I)c2c(Cl)ncnc21. The number of ether oxygens (including phenoxy) is 1. The first-order valence-corrected chi connectivity index (χ1v) is 11.1. The Morgan fingerprint density at radius 3 is 2.79 bits per heavy atom. The maximum Gasteiger partial charge on any atom is 0.166 e. The number of nitrogens with zero attached hydrogens (tertiary/aromatic N) is 4. The summed E-state index contributed by atoms with van der Waals surface area (Å²) in [5, 5.41) is 5.61. The van der Waals surface area contributed by atoms with Crippen LogP contribution >= 0.6 is 34.2 Å². The molecular formula is C11H16ClIN4OSi. The molecular weight excluding hydrogens is 395 g/mol. The molecule has 0 saturated heterocycles. The number of rotatable bonds is 5. The van der Waals surface area contributed by atoms with E-state index in [0.717, 1.165) is 27.4 Å². The number of aromatic nitrogens is 4. The second-order valence-electron chi connectivity index (χ2n) is 5.50. The van der Waals surface area contributed by atoms with Gasteiger partial charge in [-0.15, -0.1) is 0 Å². The normalized spacial score (nSPS) is 12.3. The Balaban J connectivity index is 2.08. The summed E-state index contributed by atoms with van der Waals surface area (Å²) in [6.07, 6.45) is 1.45. The third kappa shape index (κ3) is 3.86. The van der Waals surface area contributed by atoms with E-state index in [1.807, 2.05) is 0 Å². The predicted molar refractivity (Wildman–Crippen MR) is 87.2 cm³/mol. The van der Waals surface area contributed by atoms with E-state index in [2.05, 4.69) is 57.3 Å². The Kier molecular flexibility index (Phi) is 4.80. The highest BCUT2D eigenvalue weighted by atomic mass is 127. The van der Waals surface area contributed by atoms with Crippen LogP contribution in [0.2, 0.25) is 30.8 Å². The zero-order chi connectivity index (χ0) is 14.0. The van der Waals surface area contributed by atoms with E-state index in [1.54, 1.807) is 4.68 Å². The maximum absolute atomic E-state index is 6.05. The third-order valence-corrected chi connectivity index (χ3v) is 5.40. The highest BCUT2D eigenvalue weighted by molar-refractivity contribution is 14.1. The Hall–Kier alpha value is -0.253. The molecule has 0 aliphatic rings. The summed E-state index contributed by atoms with van der Waals surface area (Å²) in [6.45, 7) is 8.14. The summed E-state index contributed by atoms with van der Waals surface area (Å²) < 4.78 is 8.21. The molecule has 2 heterocycles. The van der Waals surface area contributed by atoms with Crippen LogP contribution in [0.1, 0.15) is 0 Å². The molecule has 2 aromatic heterocycles. The minimum absolute atomic E-state index is 0.400. The van der Waals surface area contributed by atoms with Crippen LogP contribution in [-0.2, 0) is 11.5 Å². The lowest BCUT2D eigenvalue weighted by molar-refractivity contribution is 0.0810. The molecule has 0 atom stereocenters. The van der Waals surface area contributed by atoms with Crippen molar-refractivity contribution >= 4 is 53.3 Å². The van der Waals surface area contributed by atoms with E-state index < -0.39 is 8.07 Å². The minimum Gasteiger partial charge on any atom is -0.359 e. The molecule has 0 aliphatic heterocycles. The monoisotopic (exact) mass is 410 g/mol. The number of halogens is 2. The molecule has 0 saturated carbocycles. The second kappa shape index (κ2) is 6.02. The second-order valence-corrected chi connectivity index (χ2v) is 12.5. The molecule has 0 radical (unpaired) electrons. The molecule has 0 amide bonds. The standard InChI is InChI=1S/C11H16ClIN4OSi/c1-19(2,3)5-4-18-7-17-11-8(10(13)16-17)9(12)14-6-15-11/h6H,4-5,7H2,1-3H3. The number of hydrogen-bond donors (Lipinski definition) is 0. The van der Waals surface area contributed by atoms with Crippen LogP contribution in [0.4, 0.5) is 0 Å². The van der Waals surface area contributed by atoms with E-state index in [9.17, 15) is 0 Å². The Bertz CT molecular complexity index is 584. The predicted octanol–water partition coefficient (Wildman–Crippen LogP) is 3.40. The molecule has 104 valence electrons. The summed E-state index contributed by atoms with van der Waals surface area (Å²) in [7, 11) is -1.06. The van der Waals surface area contributed by atoms with Crippen LogP contribution in [0.25, 0.3) is 11.0 Å². The lowest BCUT2D eigenvalue weighted by Gasteiger charge is -2.15. The van der Waals surface area contributed by atoms with Crippen LogP contribution < -0.4 is 0 Å². The van der Waals surface area contributed by atoms with E-state index in [4.69, 9.17) is 16.3 Å². The molecule has 8 heteroatoms. The third-order valence-electron chi connectivity index (χ3n) is 2.65. The van der Waals surface area contributed by atoms with Gasteiger partial charge in [0.05, 0.1) is 5.39 Å². The Morgan fingerprint density at radius 1 is 1.37 bits per heavy atom. The van der Waals surface area contributed by atoms with E-state index in [-0.39, 0.29) is 0 Å². The van der Waals surface area contributed by atoms with Gasteiger partial charge in [0.2, 0.25) is 0 Å². The fourth-order valence-electron chi connectivity index (χ4n) is 1.55. The largest absolute Gasteiger partial charge is 0.359 e. The van der Waals surface area contributed by atoms with Crippen molar-refractivity contribution in [2.24, 2.45) is 0 Å². The summed E-state index contributed by atoms with van der Waals surface area (Å²) in [5.41, 5.74) is 0.720. The van der Waals surface area contributed by atoms with Crippen molar-refractivity contribution in [3.05, 3.63) is 15.2 Å². The van der Waals surface area contributed by atoms with Crippen LogP contribution in [-0.4, -0.2) is 34.4 Å². The fraction of sp³-hybridized carbons (Fsp3) is 0.545. The zero-order valence-electron chi connectivity index (χ0n) is 11.2. The molecule has 5 nitrogen and oxygen atoms in total. The van der Waals surface area contributed by atoms with Crippen LogP contribution in [0.15, 0.2) is 6.33 Å². The first-order valence-electron chi connectivity index (χ1n) is 5.99. The van der Waals surface area contributed by atoms with Gasteiger partial charge in [-0.3, -0.25) is 0 Å². The molecule has 0 bridgehead atoms. The summed E-state index contributed by atoms with van der Waals surface area (Å²) in [4.78, 5) is 8.19. The van der Waals surface area contributed by atoms with Gasteiger partial charge >= 0.3 is 0 Å². The lowest BCUT2D eigenvalue weighted by atomic mass is 10.4. The van der Waals surface area contributed by atoms with Gasteiger partial charge in [0.25, 0.3) is 0 Å². The molecule has 0 spiro atoms. The molecule has 0 fully saturated rings. The summed E-state index contributed by atoms with van der Waals surface area (Å²) in [5.74, 6) is 0. The molecule has 0 aromatic carbocycles. The fourth-order valence-corrected chi connectivity index (χ4v) is 3.44. The van der Waals surface area contributed by atoms with Crippen molar-refractivity contribution in [1.29, 1.82) is 0 Å². The van der Waals surface area contributed by atoms with E-state index in [0.29, 0.717) is 11.9 Å². The van der Waals surface area contributed by atoms with Crippen LogP contribution in [0.5, 0.6) is 0 Å². The van der Waals surface area contributed by atoms with Crippen LogP contribution in [0.3, 0.4) is 0 Å². The van der Waals surface area contributed by atoms with Crippen molar-refractivity contribution in [2.45, 2.75) is 32.4 Å². The number of fused-ring (bicyclic) bond motifs is 1. The first-order chi connectivity index (χ1) is 8.88. The topological polar surface area (TPSA) is 52.8 Å². The van der Waals surface area contributed by atoms with Gasteiger partial charge in [0.15, 0.2) is 5.65 Å². The van der Waals surface area contributed by atoms with E-state index in [1.165, 1.54) is 6.33 Å². The van der Waals surface area contributed by atoms with Gasteiger partial charge in [0.1, 0.15) is 21.9 Å². The van der Waals surface area contributed by atoms with Gasteiger partial charge in [-0.2, -0.15) is 5.10 Å². The zero-order valence-corrected chi connectivity index (χ0v) is 15.1. The highest BCUT2D eigenvalue weighted by Crippen LogP contribution is 2.24. The lowest BCUT2D eigenvalue weighted by Crippen LogP contribution is -2.22. The quantitative estimate of drug-likeness (QED) is 0.328. The molecule has 19 heavy (non-hydrogen) atoms. The molecule has 0 N–H and O–H groups in total. The van der Waals surface area contributed by atoms with Crippen molar-refractivity contribution < 1.29 is 4.74 Å². The minimum atomic E-state index is -1.06. The molecule has 2 aromatic rings. The summed E-state index contributed by atoms with van der Waals surface area (Å²) >= 11 is 8.19. The van der Waals surface area contributed by atoms with Crippen molar-refractivity contribution in [3.8, 4) is 0 Å². The average Bonchev–Trinajstić information content (AvgIpc) is 2.62. The average molecular weight is 411 g/mol. The van der Waals surface area contributed by atoms with Crippen molar-refractivity contribution in [1.82, 2.24) is 19.7 Å². The molecule has 0 unspecified atom stereocenters. The maximum atomic E-state index is 6.05. The van der Waals surface area contributed by atoms with Crippen LogP contribution in [0, 0.1) is 3.70 Å². The van der Waals surface area contributed by atoms with E-state index >= 15 is 0 Å². The smallest absolute Gasteiger partial charge is 0.166 e. The Labute approximate surface area is 131 Å². The van der Waals surface area contributed by atoms with Gasteiger partial charge in [-0.25, -0.2) is 14.6 Å². The molecule has 0 aliphatic carbocycles. The highest BCUT2D eigenvalue weighted by Gasteiger charge is 2.15. The first kappa shape index (κ1) is 15.1. The van der Waals surface area contributed by atoms with Gasteiger partial charge in [-0.1, -0.05) is 31.2 Å². The number of hydrogen-bond acceptors (Lipinski definition) is 4. The van der Waals surface area contributed by atoms with Crippen molar-refractivity contribution in [3.63, 3.8) is 0 Å². The van der Waals surface area contributed by atoms with Crippen molar-refractivity contribution in [2.75, 3.05) is 6.61 Å². The Morgan fingerprint density at radius 2 is 2.11 bits per heavy atom. The molecule has 2 rings (SSSR count). The van der Waals surface area contributed by atoms with Gasteiger partial charge in [0, 0.05) is 14.7 Å². The summed E-state index contributed by atoms with van der Waals surface area (Å²) in [6, 6.07) is 1.14. The van der Waals surface area contributed by atoms with Gasteiger partial charge < -0.3 is 4.74 Å². The van der Waals surface area contributed by atoms with Gasteiger partial charge in [-0.05, 0) is 28.6 Å².